The molecule has 1 N–H and O–H groups in total. The quantitative estimate of drug-likeness (QED) is 0.525. The Hall–Kier alpha value is -2.58. The van der Waals surface area contributed by atoms with E-state index in [0.717, 1.165) is 28.1 Å². The minimum absolute atomic E-state index is 0.0467. The van der Waals surface area contributed by atoms with Crippen molar-refractivity contribution in [3.05, 3.63) is 64.2 Å². The van der Waals surface area contributed by atoms with Gasteiger partial charge in [0.1, 0.15) is 12.6 Å². The van der Waals surface area contributed by atoms with E-state index in [1.54, 1.807) is 32.0 Å². The number of nitrogens with zero attached hydrogens (tertiary/aromatic N) is 2. The summed E-state index contributed by atoms with van der Waals surface area (Å²) < 4.78 is 26.4. The number of hydrogen-bond acceptors (Lipinski definition) is 4. The maximum absolute atomic E-state index is 13.6. The summed E-state index contributed by atoms with van der Waals surface area (Å²) in [5, 5.41) is 3.39. The smallest absolute Gasteiger partial charge is 0.244 e. The topological polar surface area (TPSA) is 86.8 Å². The summed E-state index contributed by atoms with van der Waals surface area (Å²) in [5.41, 5.74) is 2.85. The standard InChI is InChI=1S/C25H34ClN3O4S/c1-7-19(4)27-25(31)20(5)28(15-21-11-9-8-10-17(21)2)24(30)16-29(34(6,32)33)23-13-12-22(26)14-18(23)3/h8-14,19-20H,7,15-16H2,1-6H3,(H,27,31)/t19-,20-/m0/s1. The fraction of sp³-hybridized carbons (Fsp3) is 0.440. The second-order valence-electron chi connectivity index (χ2n) is 8.64. The normalized spacial score (nSPS) is 13.1. The first kappa shape index (κ1) is 27.7. The number of carbonyl (C=O) groups excluding carboxylic acids is 2. The van der Waals surface area contributed by atoms with Crippen molar-refractivity contribution in [3.8, 4) is 0 Å². The van der Waals surface area contributed by atoms with Crippen molar-refractivity contribution >= 4 is 39.1 Å². The molecule has 7 nitrogen and oxygen atoms in total. The first-order valence-corrected chi connectivity index (χ1v) is 13.5. The number of carbonyl (C=O) groups is 2. The highest BCUT2D eigenvalue weighted by Crippen LogP contribution is 2.26. The molecule has 0 aromatic heterocycles. The van der Waals surface area contributed by atoms with Gasteiger partial charge in [0.2, 0.25) is 21.8 Å². The number of aryl methyl sites for hydroxylation is 2. The fourth-order valence-corrected chi connectivity index (χ4v) is 4.65. The molecule has 2 rings (SSSR count). The van der Waals surface area contributed by atoms with Crippen LogP contribution < -0.4 is 9.62 Å². The predicted octanol–water partition coefficient (Wildman–Crippen LogP) is 4.05. The molecule has 0 saturated heterocycles. The summed E-state index contributed by atoms with van der Waals surface area (Å²) in [6.07, 6.45) is 1.81. The third-order valence-corrected chi connectivity index (χ3v) is 7.24. The lowest BCUT2D eigenvalue weighted by molar-refractivity contribution is -0.139. The molecular weight excluding hydrogens is 474 g/mol. The highest BCUT2D eigenvalue weighted by atomic mass is 35.5. The van der Waals surface area contributed by atoms with Gasteiger partial charge in [-0.1, -0.05) is 42.8 Å². The van der Waals surface area contributed by atoms with Gasteiger partial charge in [0.25, 0.3) is 0 Å². The van der Waals surface area contributed by atoms with Crippen molar-refractivity contribution in [2.45, 2.75) is 59.7 Å². The molecule has 2 amide bonds. The van der Waals surface area contributed by atoms with E-state index in [1.165, 1.54) is 4.90 Å². The van der Waals surface area contributed by atoms with E-state index in [-0.39, 0.29) is 18.5 Å². The predicted molar refractivity (Wildman–Crippen MR) is 137 cm³/mol. The molecule has 0 radical (unpaired) electrons. The lowest BCUT2D eigenvalue weighted by Crippen LogP contribution is -2.52. The monoisotopic (exact) mass is 507 g/mol. The molecule has 0 fully saturated rings. The number of halogens is 1. The second-order valence-corrected chi connectivity index (χ2v) is 11.0. The zero-order valence-electron chi connectivity index (χ0n) is 20.6. The van der Waals surface area contributed by atoms with Gasteiger partial charge in [-0.15, -0.1) is 0 Å². The van der Waals surface area contributed by atoms with Gasteiger partial charge in [-0.2, -0.15) is 0 Å². The summed E-state index contributed by atoms with van der Waals surface area (Å²) in [4.78, 5) is 27.9. The highest BCUT2D eigenvalue weighted by Gasteiger charge is 2.31. The summed E-state index contributed by atoms with van der Waals surface area (Å²) in [6.45, 7) is 8.92. The first-order valence-electron chi connectivity index (χ1n) is 11.2. The third-order valence-electron chi connectivity index (χ3n) is 5.88. The van der Waals surface area contributed by atoms with Crippen LogP contribution in [0.15, 0.2) is 42.5 Å². The Labute approximate surface area is 208 Å². The minimum Gasteiger partial charge on any atom is -0.352 e. The van der Waals surface area contributed by atoms with Gasteiger partial charge >= 0.3 is 0 Å². The average Bonchev–Trinajstić information content (AvgIpc) is 2.76. The number of sulfonamides is 1. The number of benzene rings is 2. The molecule has 2 atom stereocenters. The largest absolute Gasteiger partial charge is 0.352 e. The van der Waals surface area contributed by atoms with Gasteiger partial charge in [-0.25, -0.2) is 8.42 Å². The zero-order chi connectivity index (χ0) is 25.6. The maximum Gasteiger partial charge on any atom is 0.244 e. The van der Waals surface area contributed by atoms with Crippen LogP contribution in [0.5, 0.6) is 0 Å². The maximum atomic E-state index is 13.6. The van der Waals surface area contributed by atoms with Crippen LogP contribution in [0.25, 0.3) is 0 Å². The molecule has 0 aliphatic rings. The number of amides is 2. The first-order chi connectivity index (χ1) is 15.8. The van der Waals surface area contributed by atoms with Crippen LogP contribution in [0.4, 0.5) is 5.69 Å². The molecule has 34 heavy (non-hydrogen) atoms. The summed E-state index contributed by atoms with van der Waals surface area (Å²) >= 11 is 6.04. The molecule has 0 aliphatic heterocycles. The molecule has 0 unspecified atom stereocenters. The molecule has 0 saturated carbocycles. The van der Waals surface area contributed by atoms with E-state index in [9.17, 15) is 18.0 Å². The SMILES string of the molecule is CC[C@H](C)NC(=O)[C@H](C)N(Cc1ccccc1C)C(=O)CN(c1ccc(Cl)cc1C)S(C)(=O)=O. The van der Waals surface area contributed by atoms with Crippen molar-refractivity contribution in [2.75, 3.05) is 17.1 Å². The van der Waals surface area contributed by atoms with E-state index < -0.39 is 28.5 Å². The van der Waals surface area contributed by atoms with Crippen LogP contribution in [-0.4, -0.2) is 50.0 Å². The Balaban J connectivity index is 2.43. The van der Waals surface area contributed by atoms with E-state index in [1.807, 2.05) is 45.0 Å². The number of nitrogens with one attached hydrogen (secondary N) is 1. The lowest BCUT2D eigenvalue weighted by Gasteiger charge is -2.32. The van der Waals surface area contributed by atoms with Gasteiger partial charge in [0.15, 0.2) is 0 Å². The van der Waals surface area contributed by atoms with Crippen molar-refractivity contribution in [1.82, 2.24) is 10.2 Å². The molecule has 0 bridgehead atoms. The summed E-state index contributed by atoms with van der Waals surface area (Å²) in [6, 6.07) is 11.6. The Morgan fingerprint density at radius 2 is 1.71 bits per heavy atom. The fourth-order valence-electron chi connectivity index (χ4n) is 3.51. The van der Waals surface area contributed by atoms with Crippen molar-refractivity contribution in [2.24, 2.45) is 0 Å². The average molecular weight is 508 g/mol. The molecule has 186 valence electrons. The van der Waals surface area contributed by atoms with Crippen LogP contribution >= 0.6 is 11.6 Å². The third kappa shape index (κ3) is 7.21. The van der Waals surface area contributed by atoms with Gasteiger partial charge < -0.3 is 10.2 Å². The number of hydrogen-bond donors (Lipinski definition) is 1. The lowest BCUT2D eigenvalue weighted by atomic mass is 10.1. The minimum atomic E-state index is -3.79. The zero-order valence-corrected chi connectivity index (χ0v) is 22.2. The van der Waals surface area contributed by atoms with Crippen LogP contribution in [0, 0.1) is 13.8 Å². The van der Waals surface area contributed by atoms with Crippen LogP contribution in [0.3, 0.4) is 0 Å². The Bertz CT molecular complexity index is 1140. The van der Waals surface area contributed by atoms with Crippen LogP contribution in [-0.2, 0) is 26.2 Å². The molecular formula is C25H34ClN3O4S. The van der Waals surface area contributed by atoms with Crippen molar-refractivity contribution in [3.63, 3.8) is 0 Å². The van der Waals surface area contributed by atoms with E-state index in [2.05, 4.69) is 5.32 Å². The molecule has 2 aromatic rings. The van der Waals surface area contributed by atoms with Gasteiger partial charge in [0.05, 0.1) is 11.9 Å². The van der Waals surface area contributed by atoms with E-state index in [4.69, 9.17) is 11.6 Å². The van der Waals surface area contributed by atoms with Crippen LogP contribution in [0.2, 0.25) is 5.02 Å². The molecule has 0 heterocycles. The van der Waals surface area contributed by atoms with Gasteiger partial charge in [-0.3, -0.25) is 13.9 Å². The van der Waals surface area contributed by atoms with Gasteiger partial charge in [-0.05, 0) is 69.0 Å². The van der Waals surface area contributed by atoms with E-state index >= 15 is 0 Å². The van der Waals surface area contributed by atoms with Crippen molar-refractivity contribution < 1.29 is 18.0 Å². The Kier molecular flexibility index (Phi) is 9.53. The Morgan fingerprint density at radius 3 is 2.26 bits per heavy atom. The summed E-state index contributed by atoms with van der Waals surface area (Å²) in [7, 11) is -3.79. The number of rotatable bonds is 10. The Morgan fingerprint density at radius 1 is 1.06 bits per heavy atom. The second kappa shape index (κ2) is 11.7. The highest BCUT2D eigenvalue weighted by molar-refractivity contribution is 7.92. The molecule has 0 aliphatic carbocycles. The molecule has 0 spiro atoms. The van der Waals surface area contributed by atoms with E-state index in [0.29, 0.717) is 16.3 Å². The summed E-state index contributed by atoms with van der Waals surface area (Å²) in [5.74, 6) is -0.764. The molecule has 2 aromatic carbocycles. The molecule has 9 heteroatoms. The van der Waals surface area contributed by atoms with Crippen molar-refractivity contribution in [1.29, 1.82) is 0 Å². The van der Waals surface area contributed by atoms with Gasteiger partial charge in [0, 0.05) is 17.6 Å². The number of anilines is 1. The van der Waals surface area contributed by atoms with Crippen LogP contribution in [0.1, 0.15) is 43.9 Å².